The zero-order valence-corrected chi connectivity index (χ0v) is 14.4. The lowest BCUT2D eigenvalue weighted by Crippen LogP contribution is -2.43. The van der Waals surface area contributed by atoms with Crippen molar-refractivity contribution < 1.29 is 0 Å². The third kappa shape index (κ3) is 6.19. The van der Waals surface area contributed by atoms with E-state index in [1.165, 1.54) is 31.5 Å². The van der Waals surface area contributed by atoms with Gasteiger partial charge in [-0.05, 0) is 38.5 Å². The van der Waals surface area contributed by atoms with Crippen molar-refractivity contribution in [2.45, 2.75) is 25.4 Å². The first kappa shape index (κ1) is 20.0. The molecule has 1 aliphatic heterocycles. The van der Waals surface area contributed by atoms with Crippen LogP contribution >= 0.6 is 36.4 Å². The molecule has 0 atom stereocenters. The van der Waals surface area contributed by atoms with Gasteiger partial charge in [0.05, 0.1) is 0 Å². The number of hydrogen-bond donors (Lipinski definition) is 0. The smallest absolute Gasteiger partial charge is 0.0351 e. The normalized spacial score (nSPS) is 16.6. The number of halogens is 3. The maximum absolute atomic E-state index is 5.80. The quantitative estimate of drug-likeness (QED) is 0.755. The summed E-state index contributed by atoms with van der Waals surface area (Å²) in [6, 6.07) is 11.5. The van der Waals surface area contributed by atoms with Crippen molar-refractivity contribution in [3.05, 3.63) is 35.9 Å². The molecule has 0 aromatic heterocycles. The molecular formula is C15H25Cl3N2. The molecule has 1 heterocycles. The minimum Gasteiger partial charge on any atom is -0.302 e. The number of hydrogen-bond acceptors (Lipinski definition) is 2. The molecule has 5 heteroatoms. The maximum Gasteiger partial charge on any atom is 0.0351 e. The third-order valence-electron chi connectivity index (χ3n) is 3.87. The van der Waals surface area contributed by atoms with Crippen LogP contribution in [0.2, 0.25) is 0 Å². The molecule has 0 unspecified atom stereocenters. The SMILES string of the molecule is CN(CCCl)C1CCN(Cc2ccccc2)CC1.Cl.Cl. The molecule has 0 spiro atoms. The summed E-state index contributed by atoms with van der Waals surface area (Å²) < 4.78 is 0. The summed E-state index contributed by atoms with van der Waals surface area (Å²) >= 11 is 5.80. The third-order valence-corrected chi connectivity index (χ3v) is 4.04. The van der Waals surface area contributed by atoms with E-state index in [-0.39, 0.29) is 24.8 Å². The molecule has 1 fully saturated rings. The number of piperidine rings is 1. The highest BCUT2D eigenvalue weighted by Gasteiger charge is 2.21. The summed E-state index contributed by atoms with van der Waals surface area (Å²) in [5, 5.41) is 0. The molecule has 1 aliphatic rings. The Balaban J connectivity index is 0.00000180. The van der Waals surface area contributed by atoms with Crippen molar-refractivity contribution in [3.63, 3.8) is 0 Å². The second kappa shape index (κ2) is 10.7. The predicted octanol–water partition coefficient (Wildman–Crippen LogP) is 3.67. The van der Waals surface area contributed by atoms with Gasteiger partial charge in [0.1, 0.15) is 0 Å². The Bertz CT molecular complexity index is 340. The number of likely N-dealkylation sites (tertiary alicyclic amines) is 1. The Morgan fingerprint density at radius 1 is 1.15 bits per heavy atom. The summed E-state index contributed by atoms with van der Waals surface area (Å²) in [6.07, 6.45) is 2.53. The Kier molecular flexibility index (Phi) is 10.7. The van der Waals surface area contributed by atoms with E-state index < -0.39 is 0 Å². The predicted molar refractivity (Wildman–Crippen MR) is 92.6 cm³/mol. The van der Waals surface area contributed by atoms with Gasteiger partial charge in [0.25, 0.3) is 0 Å². The maximum atomic E-state index is 5.80. The lowest BCUT2D eigenvalue weighted by molar-refractivity contribution is 0.128. The van der Waals surface area contributed by atoms with Crippen LogP contribution < -0.4 is 0 Å². The zero-order valence-electron chi connectivity index (χ0n) is 12.0. The topological polar surface area (TPSA) is 6.48 Å². The van der Waals surface area contributed by atoms with Crippen LogP contribution in [0.15, 0.2) is 30.3 Å². The van der Waals surface area contributed by atoms with E-state index in [1.54, 1.807) is 0 Å². The average molecular weight is 340 g/mol. The van der Waals surface area contributed by atoms with Gasteiger partial charge in [-0.1, -0.05) is 30.3 Å². The molecule has 0 amide bonds. The molecule has 2 rings (SSSR count). The molecular weight excluding hydrogens is 315 g/mol. The molecule has 116 valence electrons. The summed E-state index contributed by atoms with van der Waals surface area (Å²) in [5.41, 5.74) is 1.42. The number of rotatable bonds is 5. The van der Waals surface area contributed by atoms with Crippen LogP contribution in [0.25, 0.3) is 0 Å². The van der Waals surface area contributed by atoms with E-state index in [0.29, 0.717) is 0 Å². The minimum atomic E-state index is 0. The van der Waals surface area contributed by atoms with E-state index in [4.69, 9.17) is 11.6 Å². The van der Waals surface area contributed by atoms with Crippen LogP contribution in [-0.2, 0) is 6.54 Å². The van der Waals surface area contributed by atoms with Crippen molar-refractivity contribution in [1.29, 1.82) is 0 Å². The van der Waals surface area contributed by atoms with Crippen LogP contribution in [0.4, 0.5) is 0 Å². The molecule has 1 aromatic carbocycles. The van der Waals surface area contributed by atoms with Crippen molar-refractivity contribution in [2.24, 2.45) is 0 Å². The molecule has 2 nitrogen and oxygen atoms in total. The highest BCUT2D eigenvalue weighted by Crippen LogP contribution is 2.17. The summed E-state index contributed by atoms with van der Waals surface area (Å²) in [5.74, 6) is 0.737. The molecule has 0 aliphatic carbocycles. The van der Waals surface area contributed by atoms with Crippen molar-refractivity contribution in [1.82, 2.24) is 9.80 Å². The van der Waals surface area contributed by atoms with E-state index in [1.807, 2.05) is 0 Å². The van der Waals surface area contributed by atoms with E-state index in [9.17, 15) is 0 Å². The summed E-state index contributed by atoms with van der Waals surface area (Å²) in [7, 11) is 2.19. The first-order valence-corrected chi connectivity index (χ1v) is 7.35. The lowest BCUT2D eigenvalue weighted by Gasteiger charge is -2.36. The standard InChI is InChI=1S/C15H23ClN2.2ClH/c1-17(12-9-16)15-7-10-18(11-8-15)13-14-5-3-2-4-6-14;;/h2-6,15H,7-13H2,1H3;2*1H. The first-order chi connectivity index (χ1) is 8.79. The van der Waals surface area contributed by atoms with Gasteiger partial charge in [-0.3, -0.25) is 4.90 Å². The fraction of sp³-hybridized carbons (Fsp3) is 0.600. The van der Waals surface area contributed by atoms with Crippen LogP contribution in [0, 0.1) is 0 Å². The second-order valence-corrected chi connectivity index (χ2v) is 5.54. The van der Waals surface area contributed by atoms with Gasteiger partial charge in [0.2, 0.25) is 0 Å². The van der Waals surface area contributed by atoms with Crippen molar-refractivity contribution in [2.75, 3.05) is 32.6 Å². The number of benzene rings is 1. The summed E-state index contributed by atoms with van der Waals surface area (Å²) in [4.78, 5) is 4.97. The molecule has 0 N–H and O–H groups in total. The first-order valence-electron chi connectivity index (χ1n) is 6.82. The molecule has 0 saturated carbocycles. The minimum absolute atomic E-state index is 0. The van der Waals surface area contributed by atoms with Crippen LogP contribution in [0.1, 0.15) is 18.4 Å². The Labute approximate surface area is 140 Å². The highest BCUT2D eigenvalue weighted by atomic mass is 35.5. The fourth-order valence-corrected chi connectivity index (χ4v) is 2.94. The van der Waals surface area contributed by atoms with E-state index >= 15 is 0 Å². The number of alkyl halides is 1. The molecule has 20 heavy (non-hydrogen) atoms. The Hall–Kier alpha value is 0.01000. The van der Waals surface area contributed by atoms with Crippen molar-refractivity contribution in [3.8, 4) is 0 Å². The van der Waals surface area contributed by atoms with Crippen LogP contribution in [-0.4, -0.2) is 48.4 Å². The summed E-state index contributed by atoms with van der Waals surface area (Å²) in [6.45, 7) is 4.50. The van der Waals surface area contributed by atoms with E-state index in [2.05, 4.69) is 47.2 Å². The highest BCUT2D eigenvalue weighted by molar-refractivity contribution is 6.18. The van der Waals surface area contributed by atoms with Gasteiger partial charge >= 0.3 is 0 Å². The average Bonchev–Trinajstić information content (AvgIpc) is 2.41. The van der Waals surface area contributed by atoms with Gasteiger partial charge < -0.3 is 4.90 Å². The monoisotopic (exact) mass is 338 g/mol. The number of nitrogens with zero attached hydrogens (tertiary/aromatic N) is 2. The van der Waals surface area contributed by atoms with Gasteiger partial charge in [0, 0.05) is 25.0 Å². The van der Waals surface area contributed by atoms with Crippen LogP contribution in [0.5, 0.6) is 0 Å². The molecule has 0 radical (unpaired) electrons. The zero-order chi connectivity index (χ0) is 12.8. The van der Waals surface area contributed by atoms with Gasteiger partial charge in [-0.2, -0.15) is 0 Å². The lowest BCUT2D eigenvalue weighted by atomic mass is 10.0. The molecule has 0 bridgehead atoms. The fourth-order valence-electron chi connectivity index (χ4n) is 2.68. The van der Waals surface area contributed by atoms with Gasteiger partial charge in [-0.25, -0.2) is 0 Å². The van der Waals surface area contributed by atoms with Crippen LogP contribution in [0.3, 0.4) is 0 Å². The Morgan fingerprint density at radius 2 is 1.75 bits per heavy atom. The Morgan fingerprint density at radius 3 is 2.30 bits per heavy atom. The van der Waals surface area contributed by atoms with Gasteiger partial charge in [-0.15, -0.1) is 36.4 Å². The second-order valence-electron chi connectivity index (χ2n) is 5.16. The molecule has 1 saturated heterocycles. The van der Waals surface area contributed by atoms with Crippen molar-refractivity contribution >= 4 is 36.4 Å². The van der Waals surface area contributed by atoms with Gasteiger partial charge in [0.15, 0.2) is 0 Å². The van der Waals surface area contributed by atoms with E-state index in [0.717, 1.165) is 25.0 Å². The molecule has 1 aromatic rings. The largest absolute Gasteiger partial charge is 0.302 e.